The van der Waals surface area contributed by atoms with Crippen LogP contribution in [0.5, 0.6) is 0 Å². The van der Waals surface area contributed by atoms with Gasteiger partial charge in [-0.2, -0.15) is 0 Å². The molecule has 452 valence electrons. The predicted molar refractivity (Wildman–Crippen MR) is 352 cm³/mol. The van der Waals surface area contributed by atoms with Crippen molar-refractivity contribution < 1.29 is 28.6 Å². The van der Waals surface area contributed by atoms with Crippen molar-refractivity contribution in [1.82, 2.24) is 0 Å². The third-order valence-corrected chi connectivity index (χ3v) is 12.9. The molecule has 0 heterocycles. The Labute approximate surface area is 497 Å². The molecule has 81 heavy (non-hydrogen) atoms. The van der Waals surface area contributed by atoms with Crippen LogP contribution in [0.15, 0.2) is 182 Å². The summed E-state index contributed by atoms with van der Waals surface area (Å²) < 4.78 is 16.8. The molecule has 0 aromatic rings. The molecule has 1 unspecified atom stereocenters. The molecule has 0 N–H and O–H groups in total. The Hall–Kier alpha value is -5.49. The number of unbranched alkanes of at least 4 members (excludes halogenated alkanes) is 15. The number of rotatable bonds is 56. The monoisotopic (exact) mass is 1110 g/mol. The van der Waals surface area contributed by atoms with Crippen LogP contribution in [0.25, 0.3) is 0 Å². The highest BCUT2D eigenvalue weighted by Crippen LogP contribution is 2.13. The second-order valence-electron chi connectivity index (χ2n) is 20.5. The third kappa shape index (κ3) is 65.2. The van der Waals surface area contributed by atoms with Crippen molar-refractivity contribution in [3.8, 4) is 0 Å². The highest BCUT2D eigenvalue weighted by Gasteiger charge is 2.19. The standard InChI is InChI=1S/C75H116O6/c1-4-7-10-13-16-19-22-25-28-31-34-36-37-39-41-44-47-50-53-56-59-62-65-68-74(77)80-71-72(70-79-73(76)67-64-61-58-55-52-49-46-43-40-33-30-27-24-21-18-15-12-9-6-3)81-75(78)69-66-63-60-57-54-51-48-45-42-38-35-32-29-26-23-20-17-14-11-8-5-2/h8-9,11-12,17-18,20-22,25-27,29-31,34-35,37-40,43,45,48-49,52,54,57-58,61,72H,4-7,10,13-16,19,23-24,28,32-33,36,41-42,44,46-47,50-51,53,55-56,59-60,62-71H2,1-3H3/b11-8-,12-9-,20-17-,21-18-,25-22-,29-26-,30-27-,34-31-,38-35-,39-37-,43-40-,48-45-,52-49-,57-54-,61-58-. The summed E-state index contributed by atoms with van der Waals surface area (Å²) in [4.78, 5) is 38.3. The molecular formula is C75H116O6. The van der Waals surface area contributed by atoms with Crippen LogP contribution in [0.3, 0.4) is 0 Å². The van der Waals surface area contributed by atoms with E-state index in [2.05, 4.69) is 191 Å². The summed E-state index contributed by atoms with van der Waals surface area (Å²) in [5, 5.41) is 0. The largest absolute Gasteiger partial charge is 0.462 e. The van der Waals surface area contributed by atoms with Crippen LogP contribution in [0.1, 0.15) is 252 Å². The number of ether oxygens (including phenoxy) is 3. The van der Waals surface area contributed by atoms with Gasteiger partial charge >= 0.3 is 17.9 Å². The Kier molecular flexibility index (Phi) is 62.5. The van der Waals surface area contributed by atoms with Crippen molar-refractivity contribution in [2.75, 3.05) is 13.2 Å². The normalized spacial score (nSPS) is 13.4. The highest BCUT2D eigenvalue weighted by molar-refractivity contribution is 5.71. The third-order valence-electron chi connectivity index (χ3n) is 12.9. The Morgan fingerprint density at radius 2 is 0.506 bits per heavy atom. The van der Waals surface area contributed by atoms with Crippen LogP contribution in [-0.2, 0) is 28.6 Å². The number of hydrogen-bond donors (Lipinski definition) is 0. The van der Waals surface area contributed by atoms with Crippen LogP contribution in [0.2, 0.25) is 0 Å². The molecule has 1 atom stereocenters. The van der Waals surface area contributed by atoms with Crippen LogP contribution < -0.4 is 0 Å². The van der Waals surface area contributed by atoms with Gasteiger partial charge in [0, 0.05) is 19.3 Å². The van der Waals surface area contributed by atoms with E-state index < -0.39 is 6.10 Å². The lowest BCUT2D eigenvalue weighted by Gasteiger charge is -2.18. The van der Waals surface area contributed by atoms with E-state index in [0.29, 0.717) is 19.3 Å². The van der Waals surface area contributed by atoms with Crippen LogP contribution in [-0.4, -0.2) is 37.2 Å². The van der Waals surface area contributed by atoms with Crippen molar-refractivity contribution in [1.29, 1.82) is 0 Å². The zero-order chi connectivity index (χ0) is 58.5. The molecule has 0 rings (SSSR count). The van der Waals surface area contributed by atoms with Gasteiger partial charge in [0.05, 0.1) is 0 Å². The average Bonchev–Trinajstić information content (AvgIpc) is 3.47. The maximum absolute atomic E-state index is 12.9. The fourth-order valence-electron chi connectivity index (χ4n) is 8.12. The van der Waals surface area contributed by atoms with E-state index in [1.807, 2.05) is 12.2 Å². The van der Waals surface area contributed by atoms with Crippen molar-refractivity contribution in [2.24, 2.45) is 0 Å². The highest BCUT2D eigenvalue weighted by atomic mass is 16.6. The molecule has 0 aliphatic rings. The van der Waals surface area contributed by atoms with Crippen molar-refractivity contribution >= 4 is 17.9 Å². The summed E-state index contributed by atoms with van der Waals surface area (Å²) in [6, 6.07) is 0. The van der Waals surface area contributed by atoms with Gasteiger partial charge in [0.1, 0.15) is 13.2 Å². The lowest BCUT2D eigenvalue weighted by molar-refractivity contribution is -0.166. The SMILES string of the molecule is CC/C=C\C/C=C\C/C=C\C/C=C\C/C=C\C/C=C\CCCCC(=O)OC(COC(=O)CC/C=C\C/C=C\C/C=C\C/C=C\C/C=C\C/C=C\CC)COC(=O)CCCCCCCCCC/C=C\C/C=C\C/C=C\CCCCCCC. The Morgan fingerprint density at radius 1 is 0.259 bits per heavy atom. The minimum atomic E-state index is -0.848. The molecule has 0 fully saturated rings. The van der Waals surface area contributed by atoms with E-state index in [-0.39, 0.29) is 44.0 Å². The lowest BCUT2D eigenvalue weighted by atomic mass is 10.1. The molecule has 6 nitrogen and oxygen atoms in total. The fourth-order valence-corrected chi connectivity index (χ4v) is 8.12. The predicted octanol–water partition coefficient (Wildman–Crippen LogP) is 22.4. The van der Waals surface area contributed by atoms with Crippen molar-refractivity contribution in [2.45, 2.75) is 258 Å². The number of allylic oxidation sites excluding steroid dienone is 30. The van der Waals surface area contributed by atoms with Crippen molar-refractivity contribution in [3.05, 3.63) is 182 Å². The van der Waals surface area contributed by atoms with Gasteiger partial charge in [-0.1, -0.05) is 267 Å². The van der Waals surface area contributed by atoms with E-state index in [1.54, 1.807) is 0 Å². The summed E-state index contributed by atoms with van der Waals surface area (Å²) in [5.41, 5.74) is 0. The smallest absolute Gasteiger partial charge is 0.306 e. The van der Waals surface area contributed by atoms with Gasteiger partial charge in [0.25, 0.3) is 0 Å². The first kappa shape index (κ1) is 75.5. The van der Waals surface area contributed by atoms with E-state index >= 15 is 0 Å². The lowest BCUT2D eigenvalue weighted by Crippen LogP contribution is -2.30. The first-order valence-corrected chi connectivity index (χ1v) is 32.3. The van der Waals surface area contributed by atoms with Crippen LogP contribution in [0.4, 0.5) is 0 Å². The van der Waals surface area contributed by atoms with Gasteiger partial charge in [0.15, 0.2) is 6.10 Å². The van der Waals surface area contributed by atoms with Gasteiger partial charge in [-0.15, -0.1) is 0 Å². The number of carbonyl (C=O) groups is 3. The first-order valence-electron chi connectivity index (χ1n) is 32.3. The van der Waals surface area contributed by atoms with E-state index in [4.69, 9.17) is 14.2 Å². The second kappa shape index (κ2) is 67.0. The zero-order valence-electron chi connectivity index (χ0n) is 51.7. The minimum Gasteiger partial charge on any atom is -0.462 e. The quantitative estimate of drug-likeness (QED) is 0.0261. The van der Waals surface area contributed by atoms with Crippen molar-refractivity contribution in [3.63, 3.8) is 0 Å². The zero-order valence-corrected chi connectivity index (χ0v) is 51.7. The van der Waals surface area contributed by atoms with Gasteiger partial charge in [-0.3, -0.25) is 14.4 Å². The topological polar surface area (TPSA) is 78.9 Å². The maximum Gasteiger partial charge on any atom is 0.306 e. The molecule has 0 spiro atoms. The van der Waals surface area contributed by atoms with Gasteiger partial charge in [-0.25, -0.2) is 0 Å². The van der Waals surface area contributed by atoms with E-state index in [1.165, 1.54) is 70.6 Å². The summed E-state index contributed by atoms with van der Waals surface area (Å²) in [6.45, 7) is 6.29. The first-order chi connectivity index (χ1) is 40.0. The molecule has 0 aromatic heterocycles. The molecule has 0 aliphatic carbocycles. The van der Waals surface area contributed by atoms with Gasteiger partial charge < -0.3 is 14.2 Å². The Bertz CT molecular complexity index is 1900. The average molecular weight is 1110 g/mol. The molecule has 0 bridgehead atoms. The Morgan fingerprint density at radius 3 is 0.852 bits per heavy atom. The molecule has 6 heteroatoms. The molecule has 0 saturated heterocycles. The molecule has 0 aromatic carbocycles. The number of esters is 3. The van der Waals surface area contributed by atoms with Gasteiger partial charge in [-0.05, 0) is 148 Å². The molecule has 0 aliphatic heterocycles. The summed E-state index contributed by atoms with van der Waals surface area (Å²) in [5.74, 6) is -1.08. The fraction of sp³-hybridized carbons (Fsp3) is 0.560. The van der Waals surface area contributed by atoms with Crippen LogP contribution >= 0.6 is 0 Å². The Balaban J connectivity index is 4.61. The molecular weight excluding hydrogens is 997 g/mol. The molecule has 0 saturated carbocycles. The molecule has 0 amide bonds. The second-order valence-corrected chi connectivity index (χ2v) is 20.5. The number of hydrogen-bond acceptors (Lipinski definition) is 6. The summed E-state index contributed by atoms with van der Waals surface area (Å²) in [7, 11) is 0. The van der Waals surface area contributed by atoms with Crippen LogP contribution in [0, 0.1) is 0 Å². The van der Waals surface area contributed by atoms with E-state index in [0.717, 1.165) is 128 Å². The van der Waals surface area contributed by atoms with E-state index in [9.17, 15) is 14.4 Å². The number of carbonyl (C=O) groups excluding carboxylic acids is 3. The summed E-state index contributed by atoms with van der Waals surface area (Å²) >= 11 is 0. The maximum atomic E-state index is 12.9. The summed E-state index contributed by atoms with van der Waals surface area (Å²) in [6.07, 6.45) is 100. The minimum absolute atomic E-state index is 0.133. The van der Waals surface area contributed by atoms with Gasteiger partial charge in [0.2, 0.25) is 0 Å². The molecule has 0 radical (unpaired) electrons.